The number of alkyl halides is 1. The molecule has 0 aromatic heterocycles. The van der Waals surface area contributed by atoms with Gasteiger partial charge in [0.25, 0.3) is 0 Å². The molecule has 2 rings (SSSR count). The smallest absolute Gasteiger partial charge is 0.106 e. The molecule has 0 N–H and O–H groups in total. The van der Waals surface area contributed by atoms with Crippen molar-refractivity contribution >= 4 is 11.4 Å². The van der Waals surface area contributed by atoms with Crippen molar-refractivity contribution in [1.29, 1.82) is 0 Å². The molecule has 1 aliphatic carbocycles. The SMILES string of the molecule is FC1CCC2=N[N]N=C2C1. The van der Waals surface area contributed by atoms with Crippen LogP contribution in [0, 0.1) is 0 Å². The third-order valence-electron chi connectivity index (χ3n) is 1.77. The first-order chi connectivity index (χ1) is 4.86. The van der Waals surface area contributed by atoms with Crippen LogP contribution in [0.5, 0.6) is 0 Å². The summed E-state index contributed by atoms with van der Waals surface area (Å²) in [7, 11) is 0. The number of halogens is 1. The standard InChI is InChI=1S/C6H7FN3/c7-4-1-2-5-6(3-4)9-10-8-5/h4H,1-3H2. The molecule has 1 radical (unpaired) electrons. The number of hydrogen-bond acceptors (Lipinski definition) is 2. The van der Waals surface area contributed by atoms with E-state index >= 15 is 0 Å². The number of fused-ring (bicyclic) bond motifs is 1. The summed E-state index contributed by atoms with van der Waals surface area (Å²) in [6.45, 7) is 0. The van der Waals surface area contributed by atoms with Crippen LogP contribution < -0.4 is 5.53 Å². The highest BCUT2D eigenvalue weighted by atomic mass is 19.1. The maximum atomic E-state index is 12.6. The highest BCUT2D eigenvalue weighted by Gasteiger charge is 2.25. The molecule has 53 valence electrons. The Hall–Kier alpha value is -0.930. The molecule has 0 saturated heterocycles. The lowest BCUT2D eigenvalue weighted by Gasteiger charge is -2.13. The molecule has 4 heteroatoms. The van der Waals surface area contributed by atoms with E-state index < -0.39 is 6.17 Å². The molecule has 0 aromatic carbocycles. The Morgan fingerprint density at radius 1 is 1.30 bits per heavy atom. The summed E-state index contributed by atoms with van der Waals surface area (Å²) >= 11 is 0. The van der Waals surface area contributed by atoms with Crippen molar-refractivity contribution in [2.45, 2.75) is 25.4 Å². The van der Waals surface area contributed by atoms with E-state index in [4.69, 9.17) is 0 Å². The van der Waals surface area contributed by atoms with Gasteiger partial charge in [0.2, 0.25) is 0 Å². The van der Waals surface area contributed by atoms with Crippen molar-refractivity contribution in [3.8, 4) is 0 Å². The molecule has 1 heterocycles. The van der Waals surface area contributed by atoms with E-state index in [0.29, 0.717) is 19.3 Å². The summed E-state index contributed by atoms with van der Waals surface area (Å²) in [6.07, 6.45) is 0.949. The summed E-state index contributed by atoms with van der Waals surface area (Å²) in [5.74, 6) is 0. The minimum atomic E-state index is -0.731. The van der Waals surface area contributed by atoms with E-state index in [9.17, 15) is 4.39 Å². The molecule has 0 aromatic rings. The maximum Gasteiger partial charge on any atom is 0.106 e. The van der Waals surface area contributed by atoms with Crippen molar-refractivity contribution in [3.63, 3.8) is 0 Å². The Kier molecular flexibility index (Phi) is 1.19. The third kappa shape index (κ3) is 0.798. The van der Waals surface area contributed by atoms with Gasteiger partial charge in [0.15, 0.2) is 0 Å². The predicted octanol–water partition coefficient (Wildman–Crippen LogP) is 0.838. The van der Waals surface area contributed by atoms with E-state index in [1.807, 2.05) is 0 Å². The molecule has 3 nitrogen and oxygen atoms in total. The van der Waals surface area contributed by atoms with Gasteiger partial charge < -0.3 is 0 Å². The second-order valence-electron chi connectivity index (χ2n) is 2.52. The van der Waals surface area contributed by atoms with Crippen LogP contribution in [0.1, 0.15) is 19.3 Å². The first-order valence-corrected chi connectivity index (χ1v) is 3.34. The monoisotopic (exact) mass is 140 g/mol. The van der Waals surface area contributed by atoms with Crippen molar-refractivity contribution in [2.75, 3.05) is 0 Å². The van der Waals surface area contributed by atoms with Gasteiger partial charge in [0.05, 0.1) is 11.4 Å². The van der Waals surface area contributed by atoms with Gasteiger partial charge in [-0.3, -0.25) is 0 Å². The van der Waals surface area contributed by atoms with E-state index in [2.05, 4.69) is 15.7 Å². The van der Waals surface area contributed by atoms with Crippen LogP contribution in [0.15, 0.2) is 10.2 Å². The fourth-order valence-electron chi connectivity index (χ4n) is 1.20. The number of rotatable bonds is 0. The number of hydrogen-bond donors (Lipinski definition) is 0. The molecule has 2 aliphatic rings. The minimum Gasteiger partial charge on any atom is -0.247 e. The molecule has 1 aliphatic heterocycles. The summed E-state index contributed by atoms with van der Waals surface area (Å²) in [4.78, 5) is 0. The average Bonchev–Trinajstić information content (AvgIpc) is 2.33. The van der Waals surface area contributed by atoms with Crippen LogP contribution >= 0.6 is 0 Å². The summed E-state index contributed by atoms with van der Waals surface area (Å²) in [5, 5.41) is 7.47. The van der Waals surface area contributed by atoms with E-state index in [0.717, 1.165) is 11.4 Å². The van der Waals surface area contributed by atoms with Gasteiger partial charge in [-0.1, -0.05) is 0 Å². The van der Waals surface area contributed by atoms with Gasteiger partial charge in [-0.05, 0) is 18.4 Å². The molecule has 0 spiro atoms. The fourth-order valence-corrected chi connectivity index (χ4v) is 1.20. The molecule has 1 saturated carbocycles. The van der Waals surface area contributed by atoms with Gasteiger partial charge >= 0.3 is 0 Å². The zero-order chi connectivity index (χ0) is 6.97. The van der Waals surface area contributed by atoms with E-state index in [1.165, 1.54) is 0 Å². The van der Waals surface area contributed by atoms with Gasteiger partial charge in [-0.15, -0.1) is 10.2 Å². The molecule has 0 bridgehead atoms. The molecular weight excluding hydrogens is 133 g/mol. The Morgan fingerprint density at radius 3 is 3.00 bits per heavy atom. The van der Waals surface area contributed by atoms with Crippen LogP contribution in [0.25, 0.3) is 0 Å². The zero-order valence-electron chi connectivity index (χ0n) is 5.42. The highest BCUT2D eigenvalue weighted by molar-refractivity contribution is 6.43. The third-order valence-corrected chi connectivity index (χ3v) is 1.77. The van der Waals surface area contributed by atoms with Crippen molar-refractivity contribution in [2.24, 2.45) is 10.2 Å². The fraction of sp³-hybridized carbons (Fsp3) is 0.667. The van der Waals surface area contributed by atoms with Crippen LogP contribution in [0.4, 0.5) is 4.39 Å². The lowest BCUT2D eigenvalue weighted by molar-refractivity contribution is 0.324. The van der Waals surface area contributed by atoms with Crippen molar-refractivity contribution in [1.82, 2.24) is 5.53 Å². The van der Waals surface area contributed by atoms with Crippen LogP contribution in [0.2, 0.25) is 0 Å². The molecule has 1 unspecified atom stereocenters. The first-order valence-electron chi connectivity index (χ1n) is 3.34. The second kappa shape index (κ2) is 2.04. The molecule has 10 heavy (non-hydrogen) atoms. The topological polar surface area (TPSA) is 38.8 Å². The van der Waals surface area contributed by atoms with E-state index in [1.54, 1.807) is 0 Å². The largest absolute Gasteiger partial charge is 0.247 e. The highest BCUT2D eigenvalue weighted by Crippen LogP contribution is 2.18. The van der Waals surface area contributed by atoms with Crippen LogP contribution in [-0.4, -0.2) is 17.6 Å². The lowest BCUT2D eigenvalue weighted by atomic mass is 9.95. The predicted molar refractivity (Wildman–Crippen MR) is 35.8 cm³/mol. The van der Waals surface area contributed by atoms with Gasteiger partial charge in [-0.2, -0.15) is 0 Å². The number of nitrogens with zero attached hydrogens (tertiary/aromatic N) is 3. The lowest BCUT2D eigenvalue weighted by Crippen LogP contribution is -2.23. The molecule has 1 atom stereocenters. The van der Waals surface area contributed by atoms with Crippen molar-refractivity contribution in [3.05, 3.63) is 0 Å². The Labute approximate surface area is 58.0 Å². The van der Waals surface area contributed by atoms with Crippen molar-refractivity contribution < 1.29 is 4.39 Å². The molecular formula is C6H7FN3. The average molecular weight is 140 g/mol. The van der Waals surface area contributed by atoms with Crippen LogP contribution in [-0.2, 0) is 0 Å². The van der Waals surface area contributed by atoms with E-state index in [-0.39, 0.29) is 0 Å². The maximum absolute atomic E-state index is 12.6. The van der Waals surface area contributed by atoms with Gasteiger partial charge in [0.1, 0.15) is 6.17 Å². The van der Waals surface area contributed by atoms with Gasteiger partial charge in [0, 0.05) is 6.42 Å². The first kappa shape index (κ1) is 5.82. The summed E-state index contributed by atoms with van der Waals surface area (Å²) in [5.41, 5.74) is 5.10. The Balaban J connectivity index is 2.17. The minimum absolute atomic E-state index is 0.405. The normalized spacial score (nSPS) is 30.3. The van der Waals surface area contributed by atoms with Gasteiger partial charge in [-0.25, -0.2) is 4.39 Å². The molecule has 1 fully saturated rings. The summed E-state index contributed by atoms with van der Waals surface area (Å²) in [6, 6.07) is 0. The Bertz CT molecular complexity index is 209. The second-order valence-corrected chi connectivity index (χ2v) is 2.52. The summed E-state index contributed by atoms with van der Waals surface area (Å²) < 4.78 is 12.6. The molecule has 0 amide bonds. The quantitative estimate of drug-likeness (QED) is 0.478. The van der Waals surface area contributed by atoms with Crippen LogP contribution in [0.3, 0.4) is 0 Å². The Morgan fingerprint density at radius 2 is 2.10 bits per heavy atom. The zero-order valence-corrected chi connectivity index (χ0v) is 5.42.